The first-order valence-corrected chi connectivity index (χ1v) is 6.92. The van der Waals surface area contributed by atoms with Crippen molar-refractivity contribution >= 4 is 35.1 Å². The molecule has 8 nitrogen and oxygen atoms in total. The van der Waals surface area contributed by atoms with Gasteiger partial charge >= 0.3 is 5.97 Å². The van der Waals surface area contributed by atoms with Crippen LogP contribution in [0, 0.1) is 0 Å². The van der Waals surface area contributed by atoms with Crippen molar-refractivity contribution in [1.29, 1.82) is 0 Å². The van der Waals surface area contributed by atoms with E-state index in [1.807, 2.05) is 0 Å². The van der Waals surface area contributed by atoms with Gasteiger partial charge in [-0.25, -0.2) is 4.79 Å². The van der Waals surface area contributed by atoms with Crippen molar-refractivity contribution in [2.45, 2.75) is 0 Å². The molecule has 2 amide bonds. The number of carbonyl (C=O) groups is 3. The molecular weight excluding hydrogens is 326 g/mol. The number of hydrogen-bond donors (Lipinski definition) is 2. The Balaban J connectivity index is 2.72. The number of nitrogens with zero attached hydrogens (tertiary/aromatic N) is 1. The van der Waals surface area contributed by atoms with Crippen molar-refractivity contribution in [3.05, 3.63) is 22.7 Å². The number of amides is 2. The molecule has 0 bridgehead atoms. The van der Waals surface area contributed by atoms with E-state index in [2.05, 4.69) is 5.32 Å². The number of anilines is 1. The Bertz CT molecular complexity index is 621. The van der Waals surface area contributed by atoms with E-state index < -0.39 is 18.5 Å². The van der Waals surface area contributed by atoms with Gasteiger partial charge in [0, 0.05) is 20.2 Å². The van der Waals surface area contributed by atoms with Gasteiger partial charge in [-0.2, -0.15) is 0 Å². The Hall–Kier alpha value is -2.48. The molecule has 126 valence electrons. The molecule has 0 aliphatic heterocycles. The third kappa shape index (κ3) is 5.03. The molecule has 23 heavy (non-hydrogen) atoms. The average molecular weight is 344 g/mol. The first-order valence-electron chi connectivity index (χ1n) is 6.54. The number of esters is 1. The summed E-state index contributed by atoms with van der Waals surface area (Å²) in [4.78, 5) is 36.2. The van der Waals surface area contributed by atoms with Gasteiger partial charge in [0.25, 0.3) is 5.91 Å². The zero-order valence-electron chi connectivity index (χ0n) is 13.0. The van der Waals surface area contributed by atoms with E-state index in [1.54, 1.807) is 0 Å². The second-order valence-corrected chi connectivity index (χ2v) is 4.98. The SMILES string of the molecule is CNC(=O)CN(C)C(=O)COC(=O)c1cc(Cl)c(N)cc1OC. The second kappa shape index (κ2) is 8.23. The van der Waals surface area contributed by atoms with Crippen LogP contribution in [0.5, 0.6) is 5.75 Å². The number of rotatable bonds is 6. The van der Waals surface area contributed by atoms with Crippen LogP contribution in [0.25, 0.3) is 0 Å². The molecule has 1 aromatic rings. The molecule has 9 heteroatoms. The standard InChI is InChI=1S/C14H18ClN3O5/c1-17-12(19)6-18(2)13(20)7-23-14(21)8-4-9(15)10(16)5-11(8)22-3/h4-5H,6-7,16H2,1-3H3,(H,17,19). The van der Waals surface area contributed by atoms with Crippen LogP contribution in [0.15, 0.2) is 12.1 Å². The number of carbonyl (C=O) groups excluding carboxylic acids is 3. The first-order chi connectivity index (χ1) is 10.8. The summed E-state index contributed by atoms with van der Waals surface area (Å²) >= 11 is 5.87. The lowest BCUT2D eigenvalue weighted by Crippen LogP contribution is -2.39. The highest BCUT2D eigenvalue weighted by molar-refractivity contribution is 6.33. The third-order valence-corrected chi connectivity index (χ3v) is 3.28. The van der Waals surface area contributed by atoms with Crippen molar-refractivity contribution in [3.63, 3.8) is 0 Å². The number of nitrogen functional groups attached to an aromatic ring is 1. The van der Waals surface area contributed by atoms with E-state index >= 15 is 0 Å². The minimum atomic E-state index is -0.787. The maximum absolute atomic E-state index is 12.0. The highest BCUT2D eigenvalue weighted by atomic mass is 35.5. The van der Waals surface area contributed by atoms with Gasteiger partial charge in [0.15, 0.2) is 6.61 Å². The lowest BCUT2D eigenvalue weighted by molar-refractivity contribution is -0.137. The molecule has 0 aliphatic rings. The number of benzene rings is 1. The van der Waals surface area contributed by atoms with Crippen molar-refractivity contribution in [2.75, 3.05) is 40.1 Å². The summed E-state index contributed by atoms with van der Waals surface area (Å²) in [7, 11) is 4.24. The maximum atomic E-state index is 12.0. The average Bonchev–Trinajstić information content (AvgIpc) is 2.53. The summed E-state index contributed by atoms with van der Waals surface area (Å²) in [6, 6.07) is 2.69. The predicted molar refractivity (Wildman–Crippen MR) is 84.4 cm³/mol. The Labute approximate surface area is 138 Å². The first kappa shape index (κ1) is 18.6. The van der Waals surface area contributed by atoms with Gasteiger partial charge in [-0.05, 0) is 6.07 Å². The lowest BCUT2D eigenvalue weighted by Gasteiger charge is -2.16. The van der Waals surface area contributed by atoms with Gasteiger partial charge < -0.3 is 25.4 Å². The summed E-state index contributed by atoms with van der Waals surface area (Å²) in [6.45, 7) is -0.651. The Morgan fingerprint density at radius 3 is 2.57 bits per heavy atom. The summed E-state index contributed by atoms with van der Waals surface area (Å²) < 4.78 is 9.96. The van der Waals surface area contributed by atoms with E-state index in [0.29, 0.717) is 0 Å². The largest absolute Gasteiger partial charge is 0.496 e. The normalized spacial score (nSPS) is 9.91. The monoisotopic (exact) mass is 343 g/mol. The van der Waals surface area contributed by atoms with Crippen LogP contribution in [-0.4, -0.2) is 57.0 Å². The van der Waals surface area contributed by atoms with Gasteiger partial charge in [-0.15, -0.1) is 0 Å². The molecule has 0 heterocycles. The van der Waals surface area contributed by atoms with Crippen LogP contribution in [0.3, 0.4) is 0 Å². The number of methoxy groups -OCH3 is 1. The van der Waals surface area contributed by atoms with E-state index in [9.17, 15) is 14.4 Å². The van der Waals surface area contributed by atoms with Gasteiger partial charge in [0.2, 0.25) is 5.91 Å². The summed E-state index contributed by atoms with van der Waals surface area (Å²) in [5.74, 6) is -1.46. The van der Waals surface area contributed by atoms with Crippen LogP contribution >= 0.6 is 11.6 Å². The van der Waals surface area contributed by atoms with E-state index in [-0.39, 0.29) is 34.5 Å². The van der Waals surface area contributed by atoms with Crippen LogP contribution in [0.1, 0.15) is 10.4 Å². The maximum Gasteiger partial charge on any atom is 0.342 e. The number of ether oxygens (including phenoxy) is 2. The summed E-state index contributed by atoms with van der Waals surface area (Å²) in [5.41, 5.74) is 5.92. The molecule has 0 aromatic heterocycles. The number of likely N-dealkylation sites (N-methyl/N-ethyl adjacent to an activating group) is 2. The minimum Gasteiger partial charge on any atom is -0.496 e. The number of nitrogens with two attached hydrogens (primary N) is 1. The fourth-order valence-electron chi connectivity index (χ4n) is 1.60. The summed E-state index contributed by atoms with van der Waals surface area (Å²) in [5, 5.41) is 2.55. The minimum absolute atomic E-state index is 0.0495. The molecule has 0 radical (unpaired) electrons. The van der Waals surface area contributed by atoms with Crippen LogP contribution in [0.2, 0.25) is 5.02 Å². The molecule has 3 N–H and O–H groups in total. The molecule has 0 saturated heterocycles. The Kier molecular flexibility index (Phi) is 6.65. The fraction of sp³-hybridized carbons (Fsp3) is 0.357. The van der Waals surface area contributed by atoms with Crippen LogP contribution in [-0.2, 0) is 14.3 Å². The van der Waals surface area contributed by atoms with Gasteiger partial charge in [0.05, 0.1) is 24.4 Å². The van der Waals surface area contributed by atoms with Crippen molar-refractivity contribution in [1.82, 2.24) is 10.2 Å². The zero-order chi connectivity index (χ0) is 17.6. The van der Waals surface area contributed by atoms with E-state index in [0.717, 1.165) is 4.90 Å². The van der Waals surface area contributed by atoms with Crippen LogP contribution < -0.4 is 15.8 Å². The fourth-order valence-corrected chi connectivity index (χ4v) is 1.76. The number of nitrogens with one attached hydrogen (secondary N) is 1. The predicted octanol–water partition coefficient (Wildman–Crippen LogP) is 0.292. The highest BCUT2D eigenvalue weighted by Crippen LogP contribution is 2.29. The molecule has 0 spiro atoms. The van der Waals surface area contributed by atoms with Gasteiger partial charge in [-0.1, -0.05) is 11.6 Å². The van der Waals surface area contributed by atoms with E-state index in [1.165, 1.54) is 33.3 Å². The molecule has 0 unspecified atom stereocenters. The molecule has 0 atom stereocenters. The van der Waals surface area contributed by atoms with Crippen molar-refractivity contribution in [3.8, 4) is 5.75 Å². The van der Waals surface area contributed by atoms with E-state index in [4.69, 9.17) is 26.8 Å². The Morgan fingerprint density at radius 2 is 2.00 bits per heavy atom. The summed E-state index contributed by atoms with van der Waals surface area (Å²) in [6.07, 6.45) is 0. The van der Waals surface area contributed by atoms with Gasteiger partial charge in [0.1, 0.15) is 11.3 Å². The number of hydrogen-bond acceptors (Lipinski definition) is 6. The molecule has 1 aromatic carbocycles. The smallest absolute Gasteiger partial charge is 0.342 e. The molecule has 0 saturated carbocycles. The van der Waals surface area contributed by atoms with Crippen molar-refractivity contribution < 1.29 is 23.9 Å². The topological polar surface area (TPSA) is 111 Å². The highest BCUT2D eigenvalue weighted by Gasteiger charge is 2.19. The Morgan fingerprint density at radius 1 is 1.35 bits per heavy atom. The van der Waals surface area contributed by atoms with Crippen LogP contribution in [0.4, 0.5) is 5.69 Å². The zero-order valence-corrected chi connectivity index (χ0v) is 13.8. The quantitative estimate of drug-likeness (QED) is 0.567. The van der Waals surface area contributed by atoms with Gasteiger partial charge in [-0.3, -0.25) is 9.59 Å². The second-order valence-electron chi connectivity index (χ2n) is 4.57. The molecule has 0 fully saturated rings. The molecular formula is C14H18ClN3O5. The third-order valence-electron chi connectivity index (χ3n) is 2.95. The van der Waals surface area contributed by atoms with Crippen molar-refractivity contribution in [2.24, 2.45) is 0 Å². The molecule has 0 aliphatic carbocycles. The molecule has 1 rings (SSSR count). The lowest BCUT2D eigenvalue weighted by atomic mass is 10.2. The number of halogens is 1.